The summed E-state index contributed by atoms with van der Waals surface area (Å²) in [5, 5.41) is 23.2. The molecule has 294 valence electrons. The van der Waals surface area contributed by atoms with Gasteiger partial charge >= 0.3 is 0 Å². The lowest BCUT2D eigenvalue weighted by atomic mass is 9.66. The standard InChI is InChI=1S/C55H50O4/c1-3-7-37-9-5-11-39(29-37)45-17-23-51-52-24-18-46(40-12-6-10-38(30-40)8-4-2)36-54(52)55(53(51)35-45,47-19-13-43-33-49(58-27-25-56)21-15-41(43)31-47)48-20-14-44-34-50(59-28-26-57)22-16-42(44)32-48/h5-6,9-24,29-36,56-57H,3-4,7-8,25-28H2,1-2H3. The van der Waals surface area contributed by atoms with Gasteiger partial charge in [-0.1, -0.05) is 136 Å². The van der Waals surface area contributed by atoms with Gasteiger partial charge in [-0.25, -0.2) is 0 Å². The third kappa shape index (κ3) is 7.18. The largest absolute Gasteiger partial charge is 0.491 e. The number of aryl methyl sites for hydroxylation is 2. The summed E-state index contributed by atoms with van der Waals surface area (Å²) in [4.78, 5) is 0. The number of aliphatic hydroxyl groups excluding tert-OH is 2. The Morgan fingerprint density at radius 3 is 1.29 bits per heavy atom. The lowest BCUT2D eigenvalue weighted by Crippen LogP contribution is -2.28. The van der Waals surface area contributed by atoms with E-state index in [-0.39, 0.29) is 26.4 Å². The van der Waals surface area contributed by atoms with E-state index in [1.807, 2.05) is 12.1 Å². The average Bonchev–Trinajstić information content (AvgIpc) is 3.57. The van der Waals surface area contributed by atoms with Gasteiger partial charge in [0, 0.05) is 0 Å². The second-order valence-corrected chi connectivity index (χ2v) is 15.8. The number of aliphatic hydroxyl groups is 2. The molecule has 0 amide bonds. The van der Waals surface area contributed by atoms with E-state index < -0.39 is 5.41 Å². The number of fused-ring (bicyclic) bond motifs is 5. The quantitative estimate of drug-likeness (QED) is 0.116. The highest BCUT2D eigenvalue weighted by atomic mass is 16.5. The Kier molecular flexibility index (Phi) is 10.8. The minimum Gasteiger partial charge on any atom is -0.491 e. The number of hydrogen-bond donors (Lipinski definition) is 2. The van der Waals surface area contributed by atoms with Gasteiger partial charge in [0.15, 0.2) is 0 Å². The van der Waals surface area contributed by atoms with Crippen LogP contribution in [0.5, 0.6) is 11.5 Å². The minimum atomic E-state index is -0.681. The summed E-state index contributed by atoms with van der Waals surface area (Å²) in [7, 11) is 0. The summed E-state index contributed by atoms with van der Waals surface area (Å²) in [6.07, 6.45) is 4.29. The molecule has 59 heavy (non-hydrogen) atoms. The van der Waals surface area contributed by atoms with Gasteiger partial charge in [-0.3, -0.25) is 0 Å². The van der Waals surface area contributed by atoms with Crippen molar-refractivity contribution in [3.63, 3.8) is 0 Å². The van der Waals surface area contributed by atoms with Crippen molar-refractivity contribution < 1.29 is 19.7 Å². The van der Waals surface area contributed by atoms with Gasteiger partial charge in [0.1, 0.15) is 24.7 Å². The second kappa shape index (κ2) is 16.6. The van der Waals surface area contributed by atoms with Crippen LogP contribution < -0.4 is 9.47 Å². The SMILES string of the molecule is CCCc1cccc(-c2ccc3c(c2)C(c2ccc4cc(OCCO)ccc4c2)(c2ccc4cc(OCCO)ccc4c2)c2cc(-c4cccc(CCC)c4)ccc2-3)c1. The highest BCUT2D eigenvalue weighted by molar-refractivity contribution is 5.94. The Labute approximate surface area is 347 Å². The molecular formula is C55H50O4. The van der Waals surface area contributed by atoms with E-state index in [1.165, 1.54) is 66.8 Å². The molecule has 0 saturated carbocycles. The van der Waals surface area contributed by atoms with Gasteiger partial charge in [-0.2, -0.15) is 0 Å². The molecule has 0 saturated heterocycles. The topological polar surface area (TPSA) is 58.9 Å². The number of ether oxygens (including phenoxy) is 2. The number of benzene rings is 8. The lowest BCUT2D eigenvalue weighted by molar-refractivity contribution is 0.201. The van der Waals surface area contributed by atoms with Crippen molar-refractivity contribution in [2.45, 2.75) is 44.9 Å². The van der Waals surface area contributed by atoms with Crippen molar-refractivity contribution >= 4 is 21.5 Å². The molecule has 0 atom stereocenters. The third-order valence-electron chi connectivity index (χ3n) is 11.9. The van der Waals surface area contributed by atoms with Crippen molar-refractivity contribution in [2.24, 2.45) is 0 Å². The molecule has 9 rings (SSSR count). The molecule has 4 heteroatoms. The van der Waals surface area contributed by atoms with Gasteiger partial charge in [0.05, 0.1) is 18.6 Å². The maximum absolute atomic E-state index is 9.43. The molecule has 0 spiro atoms. The van der Waals surface area contributed by atoms with Crippen molar-refractivity contribution in [1.82, 2.24) is 0 Å². The molecule has 8 aromatic rings. The molecule has 0 heterocycles. The maximum atomic E-state index is 9.43. The highest BCUT2D eigenvalue weighted by Gasteiger charge is 2.47. The van der Waals surface area contributed by atoms with E-state index in [2.05, 4.69) is 159 Å². The first-order valence-corrected chi connectivity index (χ1v) is 21.1. The minimum absolute atomic E-state index is 0.0309. The van der Waals surface area contributed by atoms with Crippen LogP contribution >= 0.6 is 0 Å². The molecule has 0 fully saturated rings. The molecule has 0 aromatic heterocycles. The van der Waals surface area contributed by atoms with Crippen LogP contribution in [-0.2, 0) is 18.3 Å². The number of rotatable bonds is 14. The molecule has 0 unspecified atom stereocenters. The molecule has 1 aliphatic carbocycles. The second-order valence-electron chi connectivity index (χ2n) is 15.8. The molecule has 0 radical (unpaired) electrons. The lowest BCUT2D eigenvalue weighted by Gasteiger charge is -2.35. The Balaban J connectivity index is 1.33. The van der Waals surface area contributed by atoms with Crippen molar-refractivity contribution in [1.29, 1.82) is 0 Å². The zero-order chi connectivity index (χ0) is 40.3. The van der Waals surface area contributed by atoms with Gasteiger partial charge in [0.25, 0.3) is 0 Å². The monoisotopic (exact) mass is 774 g/mol. The number of hydrogen-bond acceptors (Lipinski definition) is 4. The van der Waals surface area contributed by atoms with Crippen LogP contribution in [0.4, 0.5) is 0 Å². The Morgan fingerprint density at radius 1 is 0.424 bits per heavy atom. The maximum Gasteiger partial charge on any atom is 0.120 e. The molecule has 8 aromatic carbocycles. The van der Waals surface area contributed by atoms with Gasteiger partial charge < -0.3 is 19.7 Å². The molecule has 0 aliphatic heterocycles. The van der Waals surface area contributed by atoms with Gasteiger partial charge in [-0.05, 0) is 150 Å². The van der Waals surface area contributed by atoms with Crippen molar-refractivity contribution in [2.75, 3.05) is 26.4 Å². The molecule has 4 nitrogen and oxygen atoms in total. The van der Waals surface area contributed by atoms with Crippen LogP contribution in [0.25, 0.3) is 54.9 Å². The van der Waals surface area contributed by atoms with Crippen LogP contribution in [0.3, 0.4) is 0 Å². The molecular weight excluding hydrogens is 725 g/mol. The Morgan fingerprint density at radius 2 is 0.847 bits per heavy atom. The van der Waals surface area contributed by atoms with Crippen molar-refractivity contribution in [3.05, 3.63) is 191 Å². The van der Waals surface area contributed by atoms with Gasteiger partial charge in [-0.15, -0.1) is 0 Å². The first kappa shape index (κ1) is 38.3. The summed E-state index contributed by atoms with van der Waals surface area (Å²) < 4.78 is 11.7. The molecule has 2 N–H and O–H groups in total. The Hall–Kier alpha value is -6.20. The van der Waals surface area contributed by atoms with E-state index in [0.717, 1.165) is 58.7 Å². The van der Waals surface area contributed by atoms with Crippen molar-refractivity contribution in [3.8, 4) is 44.9 Å². The average molecular weight is 775 g/mol. The van der Waals surface area contributed by atoms with E-state index in [4.69, 9.17) is 9.47 Å². The van der Waals surface area contributed by atoms with Crippen LogP contribution in [0.2, 0.25) is 0 Å². The third-order valence-corrected chi connectivity index (χ3v) is 11.9. The Bertz CT molecular complexity index is 2610. The molecule has 0 bridgehead atoms. The smallest absolute Gasteiger partial charge is 0.120 e. The summed E-state index contributed by atoms with van der Waals surface area (Å²) in [6, 6.07) is 58.4. The predicted molar refractivity (Wildman–Crippen MR) is 243 cm³/mol. The summed E-state index contributed by atoms with van der Waals surface area (Å²) >= 11 is 0. The van der Waals surface area contributed by atoms with E-state index >= 15 is 0 Å². The zero-order valence-corrected chi connectivity index (χ0v) is 33.9. The fraction of sp³-hybridized carbons (Fsp3) is 0.200. The summed E-state index contributed by atoms with van der Waals surface area (Å²) in [5.41, 5.74) is 14.2. The van der Waals surface area contributed by atoms with Crippen LogP contribution in [0.15, 0.2) is 158 Å². The summed E-state index contributed by atoms with van der Waals surface area (Å²) in [6.45, 7) is 4.92. The van der Waals surface area contributed by atoms with Crippen LogP contribution in [0.1, 0.15) is 60.1 Å². The fourth-order valence-corrected chi connectivity index (χ4v) is 9.28. The normalized spacial score (nSPS) is 12.7. The van der Waals surface area contributed by atoms with E-state index in [0.29, 0.717) is 0 Å². The zero-order valence-electron chi connectivity index (χ0n) is 33.9. The molecule has 1 aliphatic rings. The fourth-order valence-electron chi connectivity index (χ4n) is 9.28. The summed E-state index contributed by atoms with van der Waals surface area (Å²) in [5.74, 6) is 1.49. The van der Waals surface area contributed by atoms with E-state index in [1.54, 1.807) is 0 Å². The first-order valence-electron chi connectivity index (χ1n) is 21.1. The van der Waals surface area contributed by atoms with Crippen LogP contribution in [0, 0.1) is 0 Å². The predicted octanol–water partition coefficient (Wildman–Crippen LogP) is 12.3. The van der Waals surface area contributed by atoms with Gasteiger partial charge in [0.2, 0.25) is 0 Å². The van der Waals surface area contributed by atoms with E-state index in [9.17, 15) is 10.2 Å². The van der Waals surface area contributed by atoms with Crippen LogP contribution in [-0.4, -0.2) is 36.6 Å². The first-order chi connectivity index (χ1) is 29.0. The highest BCUT2D eigenvalue weighted by Crippen LogP contribution is 2.58.